The van der Waals surface area contributed by atoms with Gasteiger partial charge >= 0.3 is 0 Å². The maximum atomic E-state index is 4.19. The van der Waals surface area contributed by atoms with Gasteiger partial charge in [0.15, 0.2) is 5.96 Å². The van der Waals surface area contributed by atoms with Crippen LogP contribution in [-0.2, 0) is 0 Å². The SMILES string of the molecule is CCCCNC(=NC)NCCCC1CC1. The monoisotopic (exact) mass is 211 g/mol. The van der Waals surface area contributed by atoms with Gasteiger partial charge in [-0.05, 0) is 25.2 Å². The number of nitrogens with zero attached hydrogens (tertiary/aromatic N) is 1. The molecule has 1 saturated carbocycles. The molecule has 0 aromatic rings. The molecule has 2 N–H and O–H groups in total. The second-order valence-electron chi connectivity index (χ2n) is 4.36. The summed E-state index contributed by atoms with van der Waals surface area (Å²) in [6, 6.07) is 0. The molecule has 0 amide bonds. The first-order chi connectivity index (χ1) is 7.36. The first-order valence-electron chi connectivity index (χ1n) is 6.31. The molecular formula is C12H25N3. The van der Waals surface area contributed by atoms with Gasteiger partial charge in [0.1, 0.15) is 0 Å². The maximum absolute atomic E-state index is 4.19. The van der Waals surface area contributed by atoms with Crippen LogP contribution in [0.3, 0.4) is 0 Å². The molecular weight excluding hydrogens is 186 g/mol. The Bertz CT molecular complexity index is 185. The minimum atomic E-state index is 0.958. The highest BCUT2D eigenvalue weighted by molar-refractivity contribution is 5.79. The van der Waals surface area contributed by atoms with Crippen molar-refractivity contribution in [3.8, 4) is 0 Å². The third-order valence-corrected chi connectivity index (χ3v) is 2.82. The number of rotatable bonds is 7. The van der Waals surface area contributed by atoms with Crippen molar-refractivity contribution >= 4 is 5.96 Å². The highest BCUT2D eigenvalue weighted by atomic mass is 15.2. The van der Waals surface area contributed by atoms with E-state index in [4.69, 9.17) is 0 Å². The first-order valence-corrected chi connectivity index (χ1v) is 6.31. The predicted octanol–water partition coefficient (Wildman–Crippen LogP) is 2.14. The lowest BCUT2D eigenvalue weighted by Gasteiger charge is -2.11. The zero-order chi connectivity index (χ0) is 10.9. The molecule has 0 bridgehead atoms. The standard InChI is InChI=1S/C12H25N3/c1-3-4-9-14-12(13-2)15-10-5-6-11-7-8-11/h11H,3-10H2,1-2H3,(H2,13,14,15). The second-order valence-corrected chi connectivity index (χ2v) is 4.36. The summed E-state index contributed by atoms with van der Waals surface area (Å²) in [7, 11) is 1.84. The van der Waals surface area contributed by atoms with Crippen LogP contribution >= 0.6 is 0 Å². The van der Waals surface area contributed by atoms with Gasteiger partial charge in [-0.2, -0.15) is 0 Å². The Hall–Kier alpha value is -0.730. The molecule has 1 aliphatic rings. The van der Waals surface area contributed by atoms with E-state index >= 15 is 0 Å². The number of hydrogen-bond acceptors (Lipinski definition) is 1. The van der Waals surface area contributed by atoms with E-state index in [1.165, 1.54) is 38.5 Å². The average Bonchev–Trinajstić information content (AvgIpc) is 3.05. The quantitative estimate of drug-likeness (QED) is 0.384. The summed E-state index contributed by atoms with van der Waals surface area (Å²) in [5.41, 5.74) is 0. The Morgan fingerprint density at radius 2 is 1.87 bits per heavy atom. The van der Waals surface area contributed by atoms with Crippen LogP contribution in [0, 0.1) is 5.92 Å². The second kappa shape index (κ2) is 7.55. The first kappa shape index (κ1) is 12.3. The van der Waals surface area contributed by atoms with E-state index in [0.717, 1.165) is 25.0 Å². The van der Waals surface area contributed by atoms with Gasteiger partial charge in [0.25, 0.3) is 0 Å². The smallest absolute Gasteiger partial charge is 0.190 e. The van der Waals surface area contributed by atoms with Crippen molar-refractivity contribution in [3.63, 3.8) is 0 Å². The molecule has 1 aliphatic carbocycles. The van der Waals surface area contributed by atoms with Crippen molar-refractivity contribution in [2.75, 3.05) is 20.1 Å². The van der Waals surface area contributed by atoms with Crippen LogP contribution in [0.4, 0.5) is 0 Å². The number of unbranched alkanes of at least 4 members (excludes halogenated alkanes) is 1. The van der Waals surface area contributed by atoms with Crippen molar-refractivity contribution in [2.24, 2.45) is 10.9 Å². The molecule has 15 heavy (non-hydrogen) atoms. The van der Waals surface area contributed by atoms with E-state index in [1.54, 1.807) is 0 Å². The average molecular weight is 211 g/mol. The molecule has 1 rings (SSSR count). The summed E-state index contributed by atoms with van der Waals surface area (Å²) >= 11 is 0. The fourth-order valence-electron chi connectivity index (χ4n) is 1.61. The van der Waals surface area contributed by atoms with Gasteiger partial charge in [0.2, 0.25) is 0 Å². The Labute approximate surface area is 93.7 Å². The molecule has 88 valence electrons. The maximum Gasteiger partial charge on any atom is 0.190 e. The summed E-state index contributed by atoms with van der Waals surface area (Å²) in [5, 5.41) is 6.66. The number of nitrogens with one attached hydrogen (secondary N) is 2. The van der Waals surface area contributed by atoms with Crippen LogP contribution in [0.15, 0.2) is 4.99 Å². The Balaban J connectivity index is 1.94. The summed E-state index contributed by atoms with van der Waals surface area (Å²) in [5.74, 6) is 2.00. The minimum absolute atomic E-state index is 0.958. The zero-order valence-corrected chi connectivity index (χ0v) is 10.2. The summed E-state index contributed by atoms with van der Waals surface area (Å²) < 4.78 is 0. The van der Waals surface area contributed by atoms with Crippen LogP contribution in [0.25, 0.3) is 0 Å². The van der Waals surface area contributed by atoms with Crippen molar-refractivity contribution in [3.05, 3.63) is 0 Å². The van der Waals surface area contributed by atoms with Crippen molar-refractivity contribution in [1.29, 1.82) is 0 Å². The molecule has 3 nitrogen and oxygen atoms in total. The van der Waals surface area contributed by atoms with Gasteiger partial charge in [0, 0.05) is 20.1 Å². The molecule has 3 heteroatoms. The summed E-state index contributed by atoms with van der Waals surface area (Å²) in [6.45, 7) is 4.29. The third-order valence-electron chi connectivity index (χ3n) is 2.82. The molecule has 0 saturated heterocycles. The number of aliphatic imine (C=N–C) groups is 1. The molecule has 0 atom stereocenters. The molecule has 1 fully saturated rings. The van der Waals surface area contributed by atoms with Gasteiger partial charge < -0.3 is 10.6 Å². The van der Waals surface area contributed by atoms with Crippen molar-refractivity contribution < 1.29 is 0 Å². The van der Waals surface area contributed by atoms with Crippen LogP contribution in [0.1, 0.15) is 45.4 Å². The van der Waals surface area contributed by atoms with E-state index < -0.39 is 0 Å². The van der Waals surface area contributed by atoms with Crippen LogP contribution < -0.4 is 10.6 Å². The van der Waals surface area contributed by atoms with E-state index in [0.29, 0.717) is 0 Å². The lowest BCUT2D eigenvalue weighted by Crippen LogP contribution is -2.38. The van der Waals surface area contributed by atoms with Gasteiger partial charge in [-0.3, -0.25) is 4.99 Å². The minimum Gasteiger partial charge on any atom is -0.356 e. The van der Waals surface area contributed by atoms with Gasteiger partial charge in [-0.15, -0.1) is 0 Å². The van der Waals surface area contributed by atoms with E-state index in [9.17, 15) is 0 Å². The number of hydrogen-bond donors (Lipinski definition) is 2. The fraction of sp³-hybridized carbons (Fsp3) is 0.917. The van der Waals surface area contributed by atoms with Gasteiger partial charge in [0.05, 0.1) is 0 Å². The van der Waals surface area contributed by atoms with E-state index in [2.05, 4.69) is 22.5 Å². The molecule has 0 aromatic carbocycles. The Morgan fingerprint density at radius 1 is 1.20 bits per heavy atom. The Morgan fingerprint density at radius 3 is 2.40 bits per heavy atom. The highest BCUT2D eigenvalue weighted by Gasteiger charge is 2.19. The normalized spacial score (nSPS) is 16.5. The predicted molar refractivity (Wildman–Crippen MR) is 66.2 cm³/mol. The van der Waals surface area contributed by atoms with Crippen molar-refractivity contribution in [2.45, 2.75) is 45.4 Å². The lowest BCUT2D eigenvalue weighted by atomic mass is 10.2. The molecule has 0 heterocycles. The highest BCUT2D eigenvalue weighted by Crippen LogP contribution is 2.33. The van der Waals surface area contributed by atoms with E-state index in [1.807, 2.05) is 7.05 Å². The van der Waals surface area contributed by atoms with Gasteiger partial charge in [-0.25, -0.2) is 0 Å². The van der Waals surface area contributed by atoms with Crippen LogP contribution in [-0.4, -0.2) is 26.1 Å². The molecule has 0 unspecified atom stereocenters. The fourth-order valence-corrected chi connectivity index (χ4v) is 1.61. The van der Waals surface area contributed by atoms with Gasteiger partial charge in [-0.1, -0.05) is 26.2 Å². The lowest BCUT2D eigenvalue weighted by molar-refractivity contribution is 0.641. The summed E-state index contributed by atoms with van der Waals surface area (Å²) in [4.78, 5) is 4.19. The summed E-state index contributed by atoms with van der Waals surface area (Å²) in [6.07, 6.45) is 8.03. The molecule has 0 aromatic heterocycles. The largest absolute Gasteiger partial charge is 0.356 e. The van der Waals surface area contributed by atoms with Crippen LogP contribution in [0.5, 0.6) is 0 Å². The Kier molecular flexibility index (Phi) is 6.21. The molecule has 0 aliphatic heterocycles. The number of guanidine groups is 1. The van der Waals surface area contributed by atoms with Crippen LogP contribution in [0.2, 0.25) is 0 Å². The third kappa shape index (κ3) is 6.37. The molecule has 0 spiro atoms. The topological polar surface area (TPSA) is 36.4 Å². The van der Waals surface area contributed by atoms with E-state index in [-0.39, 0.29) is 0 Å². The van der Waals surface area contributed by atoms with Crippen molar-refractivity contribution in [1.82, 2.24) is 10.6 Å². The zero-order valence-electron chi connectivity index (χ0n) is 10.2. The molecule has 0 radical (unpaired) electrons.